The molecule has 1 saturated heterocycles. The molecule has 0 saturated carbocycles. The highest BCUT2D eigenvalue weighted by molar-refractivity contribution is 7.17. The quantitative estimate of drug-likeness (QED) is 0.762. The largest absolute Gasteiger partial charge is 0.383 e. The standard InChI is InChI=1S/C18H22N4O2S/c1-24-9-8-21-7-5-19-17(21)13-3-2-6-22(12-13)18(23)15-11-16-14(20-15)4-10-25-16/h4-5,7,10-11,13,20H,2-3,6,8-9,12H2,1H3. The lowest BCUT2D eigenvalue weighted by Crippen LogP contribution is -2.40. The molecule has 0 spiro atoms. The SMILES string of the molecule is COCCn1ccnc1C1CCCN(C(=O)c2cc3sccc3[nH]2)C1. The van der Waals surface area contributed by atoms with E-state index in [1.807, 2.05) is 34.8 Å². The maximum absolute atomic E-state index is 12.9. The molecule has 4 rings (SSSR count). The number of thiophene rings is 1. The number of carbonyl (C=O) groups excluding carboxylic acids is 1. The number of nitrogens with zero attached hydrogens (tertiary/aromatic N) is 3. The number of ether oxygens (including phenoxy) is 1. The Morgan fingerprint density at radius 1 is 1.52 bits per heavy atom. The van der Waals surface area contributed by atoms with Crippen LogP contribution in [0.15, 0.2) is 29.9 Å². The van der Waals surface area contributed by atoms with Gasteiger partial charge in [-0.05, 0) is 30.4 Å². The number of rotatable bonds is 5. The third-order valence-corrected chi connectivity index (χ3v) is 5.69. The van der Waals surface area contributed by atoms with Crippen LogP contribution in [0.3, 0.4) is 0 Å². The van der Waals surface area contributed by atoms with Gasteiger partial charge in [-0.3, -0.25) is 4.79 Å². The van der Waals surface area contributed by atoms with E-state index in [1.54, 1.807) is 18.4 Å². The Bertz CT molecular complexity index is 837. The smallest absolute Gasteiger partial charge is 0.270 e. The average molecular weight is 358 g/mol. The van der Waals surface area contributed by atoms with Gasteiger partial charge in [0.15, 0.2) is 0 Å². The summed E-state index contributed by atoms with van der Waals surface area (Å²) in [5, 5.41) is 2.03. The fraction of sp³-hybridized carbons (Fsp3) is 0.444. The van der Waals surface area contributed by atoms with Gasteiger partial charge in [-0.25, -0.2) is 4.98 Å². The summed E-state index contributed by atoms with van der Waals surface area (Å²) in [6.45, 7) is 2.98. The number of carbonyl (C=O) groups is 1. The number of nitrogens with one attached hydrogen (secondary N) is 1. The summed E-state index contributed by atoms with van der Waals surface area (Å²) in [6, 6.07) is 3.98. The van der Waals surface area contributed by atoms with Gasteiger partial charge >= 0.3 is 0 Å². The van der Waals surface area contributed by atoms with Gasteiger partial charge in [0, 0.05) is 45.1 Å². The van der Waals surface area contributed by atoms with Crippen LogP contribution in [-0.4, -0.2) is 52.1 Å². The highest BCUT2D eigenvalue weighted by Gasteiger charge is 2.28. The van der Waals surface area contributed by atoms with Gasteiger partial charge in [0.05, 0.1) is 16.8 Å². The molecule has 132 valence electrons. The van der Waals surface area contributed by atoms with Crippen LogP contribution in [0, 0.1) is 0 Å². The number of amides is 1. The minimum atomic E-state index is 0.0862. The Kier molecular flexibility index (Phi) is 4.59. The fourth-order valence-electron chi connectivity index (χ4n) is 3.57. The van der Waals surface area contributed by atoms with Crippen LogP contribution in [0.5, 0.6) is 0 Å². The van der Waals surface area contributed by atoms with E-state index >= 15 is 0 Å². The number of aromatic amines is 1. The van der Waals surface area contributed by atoms with Crippen LogP contribution in [0.1, 0.15) is 35.1 Å². The van der Waals surface area contributed by atoms with Crippen molar-refractivity contribution in [1.29, 1.82) is 0 Å². The molecule has 1 fully saturated rings. The second-order valence-corrected chi connectivity index (χ2v) is 7.39. The number of hydrogen-bond acceptors (Lipinski definition) is 4. The van der Waals surface area contributed by atoms with Crippen molar-refractivity contribution in [3.8, 4) is 0 Å². The molecule has 1 unspecified atom stereocenters. The van der Waals surface area contributed by atoms with Crippen LogP contribution in [-0.2, 0) is 11.3 Å². The molecule has 25 heavy (non-hydrogen) atoms. The van der Waals surface area contributed by atoms with E-state index < -0.39 is 0 Å². The van der Waals surface area contributed by atoms with Crippen LogP contribution >= 0.6 is 11.3 Å². The Morgan fingerprint density at radius 3 is 3.28 bits per heavy atom. The highest BCUT2D eigenvalue weighted by Crippen LogP contribution is 2.28. The van der Waals surface area contributed by atoms with Gasteiger partial charge in [-0.2, -0.15) is 0 Å². The number of piperidine rings is 1. The number of likely N-dealkylation sites (tertiary alicyclic amines) is 1. The van der Waals surface area contributed by atoms with Gasteiger partial charge in [-0.15, -0.1) is 11.3 Å². The van der Waals surface area contributed by atoms with Crippen molar-refractivity contribution < 1.29 is 9.53 Å². The van der Waals surface area contributed by atoms with Gasteiger partial charge in [0.2, 0.25) is 0 Å². The van der Waals surface area contributed by atoms with E-state index in [2.05, 4.69) is 14.5 Å². The number of aromatic nitrogens is 3. The number of methoxy groups -OCH3 is 1. The minimum absolute atomic E-state index is 0.0862. The first-order valence-electron chi connectivity index (χ1n) is 8.61. The molecule has 0 bridgehead atoms. The van der Waals surface area contributed by atoms with E-state index in [9.17, 15) is 4.79 Å². The van der Waals surface area contributed by atoms with Gasteiger partial charge in [0.25, 0.3) is 5.91 Å². The van der Waals surface area contributed by atoms with Crippen LogP contribution in [0.4, 0.5) is 0 Å². The Morgan fingerprint density at radius 2 is 2.44 bits per heavy atom. The van der Waals surface area contributed by atoms with Crippen molar-refractivity contribution in [2.45, 2.75) is 25.3 Å². The molecular formula is C18H22N4O2S. The summed E-state index contributed by atoms with van der Waals surface area (Å²) in [7, 11) is 1.71. The topological polar surface area (TPSA) is 63.1 Å². The van der Waals surface area contributed by atoms with Crippen molar-refractivity contribution in [2.24, 2.45) is 0 Å². The first-order valence-corrected chi connectivity index (χ1v) is 9.49. The summed E-state index contributed by atoms with van der Waals surface area (Å²) >= 11 is 1.65. The monoisotopic (exact) mass is 358 g/mol. The van der Waals surface area contributed by atoms with E-state index in [0.717, 1.165) is 48.5 Å². The summed E-state index contributed by atoms with van der Waals surface area (Å²) in [6.07, 6.45) is 5.90. The zero-order valence-electron chi connectivity index (χ0n) is 14.3. The molecule has 1 N–H and O–H groups in total. The average Bonchev–Trinajstić information content (AvgIpc) is 3.34. The first kappa shape index (κ1) is 16.4. The number of H-pyrrole nitrogens is 1. The zero-order valence-corrected chi connectivity index (χ0v) is 15.1. The molecular weight excluding hydrogens is 336 g/mol. The third-order valence-electron chi connectivity index (χ3n) is 4.83. The summed E-state index contributed by atoms with van der Waals surface area (Å²) in [5.41, 5.74) is 1.72. The predicted molar refractivity (Wildman–Crippen MR) is 98.2 cm³/mol. The Hall–Kier alpha value is -2.12. The molecule has 3 aromatic heterocycles. The summed E-state index contributed by atoms with van der Waals surface area (Å²) < 4.78 is 8.46. The fourth-order valence-corrected chi connectivity index (χ4v) is 4.35. The molecule has 7 heteroatoms. The summed E-state index contributed by atoms with van der Waals surface area (Å²) in [4.78, 5) is 22.6. The van der Waals surface area contributed by atoms with E-state index in [1.165, 1.54) is 0 Å². The molecule has 0 radical (unpaired) electrons. The maximum Gasteiger partial charge on any atom is 0.270 e. The molecule has 0 aliphatic carbocycles. The number of hydrogen-bond donors (Lipinski definition) is 1. The van der Waals surface area contributed by atoms with Gasteiger partial charge in [0.1, 0.15) is 11.5 Å². The number of imidazole rings is 1. The maximum atomic E-state index is 12.9. The van der Waals surface area contributed by atoms with Crippen molar-refractivity contribution in [3.63, 3.8) is 0 Å². The molecule has 1 atom stereocenters. The molecule has 1 aliphatic rings. The van der Waals surface area contributed by atoms with Crippen molar-refractivity contribution in [2.75, 3.05) is 26.8 Å². The van der Waals surface area contributed by atoms with Crippen LogP contribution in [0.25, 0.3) is 10.2 Å². The number of fused-ring (bicyclic) bond motifs is 1. The molecule has 3 aromatic rings. The normalized spacial score (nSPS) is 18.1. The summed E-state index contributed by atoms with van der Waals surface area (Å²) in [5.74, 6) is 1.42. The Labute approximate surface area is 150 Å². The molecule has 4 heterocycles. The van der Waals surface area contributed by atoms with Crippen molar-refractivity contribution in [3.05, 3.63) is 41.4 Å². The van der Waals surface area contributed by atoms with Gasteiger partial charge in [-0.1, -0.05) is 0 Å². The minimum Gasteiger partial charge on any atom is -0.383 e. The zero-order chi connectivity index (χ0) is 17.2. The first-order chi connectivity index (χ1) is 12.3. The second-order valence-electron chi connectivity index (χ2n) is 6.44. The lowest BCUT2D eigenvalue weighted by molar-refractivity contribution is 0.0697. The lowest BCUT2D eigenvalue weighted by atomic mass is 9.97. The third kappa shape index (κ3) is 3.21. The Balaban J connectivity index is 1.50. The van der Waals surface area contributed by atoms with Crippen molar-refractivity contribution >= 4 is 27.5 Å². The van der Waals surface area contributed by atoms with E-state index in [-0.39, 0.29) is 11.8 Å². The molecule has 0 aromatic carbocycles. The van der Waals surface area contributed by atoms with E-state index in [0.29, 0.717) is 12.3 Å². The van der Waals surface area contributed by atoms with Crippen LogP contribution < -0.4 is 0 Å². The second kappa shape index (κ2) is 7.01. The van der Waals surface area contributed by atoms with E-state index in [4.69, 9.17) is 4.74 Å². The van der Waals surface area contributed by atoms with Crippen molar-refractivity contribution in [1.82, 2.24) is 19.4 Å². The lowest BCUT2D eigenvalue weighted by Gasteiger charge is -2.32. The molecule has 1 aliphatic heterocycles. The predicted octanol–water partition coefficient (Wildman–Crippen LogP) is 3.09. The van der Waals surface area contributed by atoms with Gasteiger partial charge < -0.3 is 19.2 Å². The van der Waals surface area contributed by atoms with Crippen LogP contribution in [0.2, 0.25) is 0 Å². The highest BCUT2D eigenvalue weighted by atomic mass is 32.1. The molecule has 1 amide bonds. The molecule has 6 nitrogen and oxygen atoms in total.